The Hall–Kier alpha value is -3.83. The van der Waals surface area contributed by atoms with Crippen LogP contribution < -0.4 is 16.4 Å². The van der Waals surface area contributed by atoms with Gasteiger partial charge in [0.1, 0.15) is 5.82 Å². The van der Waals surface area contributed by atoms with Crippen LogP contribution in [-0.2, 0) is 4.74 Å². The fourth-order valence-corrected chi connectivity index (χ4v) is 4.19. The third-order valence-electron chi connectivity index (χ3n) is 5.90. The Labute approximate surface area is 200 Å². The van der Waals surface area contributed by atoms with Crippen LogP contribution in [0.15, 0.2) is 54.6 Å². The molecule has 4 N–H and O–H groups in total. The molecular weight excluding hydrogens is 458 g/mol. The number of halogens is 2. The van der Waals surface area contributed by atoms with E-state index >= 15 is 0 Å². The van der Waals surface area contributed by atoms with E-state index in [9.17, 15) is 18.4 Å². The van der Waals surface area contributed by atoms with Crippen molar-refractivity contribution in [2.45, 2.75) is 12.0 Å². The number of carbonyl (C=O) groups is 2. The van der Waals surface area contributed by atoms with Gasteiger partial charge in [-0.05, 0) is 29.8 Å². The number of nitrogens with zero attached hydrogens (tertiary/aromatic N) is 3. The predicted molar refractivity (Wildman–Crippen MR) is 125 cm³/mol. The maximum atomic E-state index is 13.9. The molecule has 11 heteroatoms. The van der Waals surface area contributed by atoms with Crippen molar-refractivity contribution in [3.05, 3.63) is 77.5 Å². The van der Waals surface area contributed by atoms with Gasteiger partial charge in [-0.3, -0.25) is 15.0 Å². The average Bonchev–Trinajstić information content (AvgIpc) is 3.44. The fraction of sp³-hybridized carbons (Fsp3) is 0.292. The summed E-state index contributed by atoms with van der Waals surface area (Å²) in [6.45, 7) is 2.15. The molecule has 35 heavy (non-hydrogen) atoms. The molecule has 0 spiro atoms. The summed E-state index contributed by atoms with van der Waals surface area (Å²) in [5.41, 5.74) is 6.59. The van der Waals surface area contributed by atoms with Gasteiger partial charge in [-0.15, -0.1) is 0 Å². The summed E-state index contributed by atoms with van der Waals surface area (Å²) >= 11 is 0. The molecule has 0 unspecified atom stereocenters. The van der Waals surface area contributed by atoms with Crippen LogP contribution in [0.2, 0.25) is 0 Å². The van der Waals surface area contributed by atoms with Crippen molar-refractivity contribution in [1.29, 1.82) is 0 Å². The lowest BCUT2D eigenvalue weighted by Gasteiger charge is -2.21. The first-order valence-corrected chi connectivity index (χ1v) is 11.0. The molecule has 1 fully saturated rings. The second-order valence-corrected chi connectivity index (χ2v) is 8.26. The van der Waals surface area contributed by atoms with Crippen LogP contribution in [0.25, 0.3) is 5.69 Å². The van der Waals surface area contributed by atoms with Crippen molar-refractivity contribution in [3.63, 3.8) is 0 Å². The first-order valence-electron chi connectivity index (χ1n) is 11.0. The second-order valence-electron chi connectivity index (χ2n) is 8.26. The zero-order valence-electron chi connectivity index (χ0n) is 19.1. The molecule has 0 radical (unpaired) electrons. The molecule has 1 aliphatic heterocycles. The highest BCUT2D eigenvalue weighted by Gasteiger charge is 2.35. The Morgan fingerprint density at radius 2 is 1.89 bits per heavy atom. The van der Waals surface area contributed by atoms with E-state index in [2.05, 4.69) is 20.6 Å². The Kier molecular flexibility index (Phi) is 7.37. The summed E-state index contributed by atoms with van der Waals surface area (Å²) in [6.07, 6.45) is 0. The van der Waals surface area contributed by atoms with Crippen molar-refractivity contribution in [3.8, 4) is 5.69 Å². The van der Waals surface area contributed by atoms with Crippen molar-refractivity contribution in [2.24, 2.45) is 5.73 Å². The van der Waals surface area contributed by atoms with Gasteiger partial charge in [0.05, 0.1) is 18.3 Å². The lowest BCUT2D eigenvalue weighted by atomic mass is 9.94. The summed E-state index contributed by atoms with van der Waals surface area (Å²) < 4.78 is 34.0. The molecule has 1 aromatic heterocycles. The fourth-order valence-electron chi connectivity index (χ4n) is 4.19. The molecule has 4 rings (SSSR count). The van der Waals surface area contributed by atoms with Crippen molar-refractivity contribution >= 4 is 17.8 Å². The minimum atomic E-state index is -0.938. The van der Waals surface area contributed by atoms with E-state index in [0.29, 0.717) is 37.5 Å². The number of primary amides is 1. The molecule has 0 aliphatic carbocycles. The molecule has 1 aliphatic rings. The van der Waals surface area contributed by atoms with Gasteiger partial charge in [-0.2, -0.15) is 5.10 Å². The van der Waals surface area contributed by atoms with E-state index in [1.807, 2.05) is 6.07 Å². The van der Waals surface area contributed by atoms with Crippen LogP contribution in [0, 0.1) is 11.6 Å². The number of hydrogen-bond acceptors (Lipinski definition) is 5. The summed E-state index contributed by atoms with van der Waals surface area (Å²) in [4.78, 5) is 26.8. The summed E-state index contributed by atoms with van der Waals surface area (Å²) in [7, 11) is 1.60. The van der Waals surface area contributed by atoms with Crippen molar-refractivity contribution in [1.82, 2.24) is 20.0 Å². The topological polar surface area (TPSA) is 115 Å². The van der Waals surface area contributed by atoms with Gasteiger partial charge in [-0.25, -0.2) is 18.3 Å². The zero-order valence-corrected chi connectivity index (χ0v) is 19.1. The quantitative estimate of drug-likeness (QED) is 0.455. The third kappa shape index (κ3) is 5.64. The number of nitrogens with two attached hydrogens (primary N) is 1. The molecule has 0 bridgehead atoms. The molecule has 1 saturated heterocycles. The van der Waals surface area contributed by atoms with Gasteiger partial charge in [-0.1, -0.05) is 24.3 Å². The molecule has 2 heterocycles. The maximum Gasteiger partial charge on any atom is 0.320 e. The van der Waals surface area contributed by atoms with E-state index in [4.69, 9.17) is 10.5 Å². The maximum absolute atomic E-state index is 13.9. The van der Waals surface area contributed by atoms with Crippen LogP contribution in [0.1, 0.15) is 22.0 Å². The smallest absolute Gasteiger partial charge is 0.320 e. The number of urea groups is 1. The monoisotopic (exact) mass is 484 g/mol. The number of benzene rings is 2. The van der Waals surface area contributed by atoms with Crippen molar-refractivity contribution < 1.29 is 23.1 Å². The number of ether oxygens (including phenoxy) is 1. The first kappa shape index (κ1) is 24.3. The molecule has 184 valence electrons. The minimum absolute atomic E-state index is 0.00424. The van der Waals surface area contributed by atoms with Crippen LogP contribution in [-0.4, -0.2) is 66.0 Å². The number of para-hydroxylation sites is 1. The molecule has 9 nitrogen and oxygen atoms in total. The Bertz CT molecular complexity index is 1200. The highest BCUT2D eigenvalue weighted by molar-refractivity contribution is 5.94. The number of aromatic nitrogens is 2. The first-order chi connectivity index (χ1) is 16.9. The molecular formula is C24H26F2N6O3. The zero-order chi connectivity index (χ0) is 24.9. The number of nitrogens with one attached hydrogen (secondary N) is 2. The second kappa shape index (κ2) is 10.6. The minimum Gasteiger partial charge on any atom is -0.383 e. The van der Waals surface area contributed by atoms with Crippen LogP contribution in [0.3, 0.4) is 0 Å². The number of methoxy groups -OCH3 is 1. The normalized spacial score (nSPS) is 17.9. The van der Waals surface area contributed by atoms with Crippen LogP contribution >= 0.6 is 0 Å². The summed E-state index contributed by atoms with van der Waals surface area (Å²) in [5.74, 6) is -2.61. The number of rotatable bonds is 8. The Morgan fingerprint density at radius 1 is 1.11 bits per heavy atom. The summed E-state index contributed by atoms with van der Waals surface area (Å²) in [6, 6.07) is 13.2. The van der Waals surface area contributed by atoms with Crippen LogP contribution in [0.4, 0.5) is 19.4 Å². The van der Waals surface area contributed by atoms with Gasteiger partial charge in [0.25, 0.3) is 5.91 Å². The Morgan fingerprint density at radius 3 is 2.57 bits per heavy atom. The number of amides is 3. The van der Waals surface area contributed by atoms with E-state index < -0.39 is 23.6 Å². The van der Waals surface area contributed by atoms with Crippen molar-refractivity contribution in [2.75, 3.05) is 38.7 Å². The third-order valence-corrected chi connectivity index (χ3v) is 5.90. The number of carbonyl (C=O) groups excluding carboxylic acids is 2. The molecule has 2 atom stereocenters. The number of likely N-dealkylation sites (tertiary alicyclic amines) is 1. The van der Waals surface area contributed by atoms with Gasteiger partial charge >= 0.3 is 6.03 Å². The van der Waals surface area contributed by atoms with Gasteiger partial charge in [0.15, 0.2) is 17.3 Å². The van der Waals surface area contributed by atoms with E-state index in [1.54, 1.807) is 31.4 Å². The van der Waals surface area contributed by atoms with E-state index in [-0.39, 0.29) is 23.5 Å². The molecule has 2 aromatic carbocycles. The largest absolute Gasteiger partial charge is 0.383 e. The summed E-state index contributed by atoms with van der Waals surface area (Å²) in [5, 5.41) is 9.85. The highest BCUT2D eigenvalue weighted by atomic mass is 19.2. The molecule has 3 amide bonds. The van der Waals surface area contributed by atoms with E-state index in [0.717, 1.165) is 12.1 Å². The SMILES string of the molecule is COCCN1C[C@@H](NC(=O)Nc2cc(C(N)=O)nn2-c2ccccc2)[C@H](c2ccc(F)c(F)c2)C1. The van der Waals surface area contributed by atoms with E-state index in [1.165, 1.54) is 16.8 Å². The van der Waals surface area contributed by atoms with Gasteiger partial charge in [0, 0.05) is 38.7 Å². The lowest BCUT2D eigenvalue weighted by molar-refractivity contribution is 0.0995. The van der Waals surface area contributed by atoms with Gasteiger partial charge in [0.2, 0.25) is 0 Å². The average molecular weight is 485 g/mol. The molecule has 3 aromatic rings. The lowest BCUT2D eigenvalue weighted by Crippen LogP contribution is -2.42. The van der Waals surface area contributed by atoms with Gasteiger partial charge < -0.3 is 15.8 Å². The van der Waals surface area contributed by atoms with Crippen LogP contribution in [0.5, 0.6) is 0 Å². The highest BCUT2D eigenvalue weighted by Crippen LogP contribution is 2.29. The predicted octanol–water partition coefficient (Wildman–Crippen LogP) is 2.49. The molecule has 0 saturated carbocycles. The number of anilines is 1. The standard InChI is InChI=1S/C24H26F2N6O3/c1-35-10-9-31-13-17(15-7-8-18(25)19(26)11-15)21(14-31)28-24(34)29-22-12-20(23(27)33)30-32(22)16-5-3-2-4-6-16/h2-8,11-12,17,21H,9-10,13-14H2,1H3,(H2,27,33)(H2,28,29,34)/t17-,21+/m0/s1. The Balaban J connectivity index is 1.54. The number of hydrogen-bond donors (Lipinski definition) is 3.